The maximum atomic E-state index is 12.0. The van der Waals surface area contributed by atoms with Gasteiger partial charge in [-0.15, -0.1) is 11.8 Å². The zero-order valence-electron chi connectivity index (χ0n) is 14.5. The van der Waals surface area contributed by atoms with Crippen LogP contribution in [0, 0.1) is 13.8 Å². The van der Waals surface area contributed by atoms with Gasteiger partial charge in [-0.05, 0) is 38.0 Å². The molecular weight excluding hydrogens is 318 g/mol. The molecule has 0 spiro atoms. The van der Waals surface area contributed by atoms with E-state index < -0.39 is 0 Å². The SMILES string of the molecule is Cc1ccc(CSCC(=O)N[C@@H](C)COc2ccccc2C)cc1. The maximum absolute atomic E-state index is 12.0. The van der Waals surface area contributed by atoms with Crippen LogP contribution in [0.25, 0.3) is 0 Å². The number of nitrogens with one attached hydrogen (secondary N) is 1. The smallest absolute Gasteiger partial charge is 0.230 e. The summed E-state index contributed by atoms with van der Waals surface area (Å²) < 4.78 is 5.76. The fourth-order valence-electron chi connectivity index (χ4n) is 2.24. The Balaban J connectivity index is 1.66. The van der Waals surface area contributed by atoms with Gasteiger partial charge in [0, 0.05) is 5.75 Å². The third-order valence-electron chi connectivity index (χ3n) is 3.61. The minimum absolute atomic E-state index is 0.0166. The van der Waals surface area contributed by atoms with E-state index in [-0.39, 0.29) is 11.9 Å². The Kier molecular flexibility index (Phi) is 7.19. The molecule has 0 aromatic heterocycles. The molecule has 0 unspecified atom stereocenters. The van der Waals surface area contributed by atoms with E-state index in [4.69, 9.17) is 4.74 Å². The Morgan fingerprint density at radius 3 is 2.54 bits per heavy atom. The monoisotopic (exact) mass is 343 g/mol. The number of benzene rings is 2. The molecule has 3 nitrogen and oxygen atoms in total. The van der Waals surface area contributed by atoms with E-state index in [0.29, 0.717) is 12.4 Å². The molecule has 0 saturated heterocycles. The van der Waals surface area contributed by atoms with Gasteiger partial charge in [0.2, 0.25) is 5.91 Å². The van der Waals surface area contributed by atoms with E-state index in [9.17, 15) is 4.79 Å². The summed E-state index contributed by atoms with van der Waals surface area (Å²) >= 11 is 1.63. The van der Waals surface area contributed by atoms with Crippen LogP contribution in [0.4, 0.5) is 0 Å². The highest BCUT2D eigenvalue weighted by molar-refractivity contribution is 7.99. The van der Waals surface area contributed by atoms with Gasteiger partial charge in [0.05, 0.1) is 11.8 Å². The summed E-state index contributed by atoms with van der Waals surface area (Å²) in [5, 5.41) is 2.98. The number of carbonyl (C=O) groups excluding carboxylic acids is 1. The lowest BCUT2D eigenvalue weighted by molar-refractivity contribution is -0.119. The number of ether oxygens (including phenoxy) is 1. The quantitative estimate of drug-likeness (QED) is 0.783. The van der Waals surface area contributed by atoms with Crippen LogP contribution in [-0.4, -0.2) is 24.3 Å². The van der Waals surface area contributed by atoms with Crippen LogP contribution in [0.5, 0.6) is 5.75 Å². The lowest BCUT2D eigenvalue weighted by Crippen LogP contribution is -2.37. The van der Waals surface area contributed by atoms with Crippen molar-refractivity contribution in [3.63, 3.8) is 0 Å². The van der Waals surface area contributed by atoms with Crippen molar-refractivity contribution in [2.75, 3.05) is 12.4 Å². The first kappa shape index (κ1) is 18.4. The first-order valence-electron chi connectivity index (χ1n) is 8.15. The summed E-state index contributed by atoms with van der Waals surface area (Å²) in [7, 11) is 0. The third kappa shape index (κ3) is 6.28. The molecule has 24 heavy (non-hydrogen) atoms. The number of aryl methyl sites for hydroxylation is 2. The van der Waals surface area contributed by atoms with Gasteiger partial charge in [0.15, 0.2) is 0 Å². The average Bonchev–Trinajstić information content (AvgIpc) is 2.56. The van der Waals surface area contributed by atoms with Crippen LogP contribution in [0.2, 0.25) is 0 Å². The second kappa shape index (κ2) is 9.38. The van der Waals surface area contributed by atoms with Crippen molar-refractivity contribution in [1.29, 1.82) is 0 Å². The zero-order valence-corrected chi connectivity index (χ0v) is 15.4. The highest BCUT2D eigenvalue weighted by Crippen LogP contribution is 2.16. The number of rotatable bonds is 8. The van der Waals surface area contributed by atoms with Crippen LogP contribution in [-0.2, 0) is 10.5 Å². The summed E-state index contributed by atoms with van der Waals surface area (Å²) in [5.74, 6) is 2.23. The second-order valence-corrected chi connectivity index (χ2v) is 7.01. The van der Waals surface area contributed by atoms with Crippen LogP contribution < -0.4 is 10.1 Å². The molecule has 0 aliphatic carbocycles. The second-order valence-electron chi connectivity index (χ2n) is 6.02. The molecule has 0 aliphatic rings. The Morgan fingerprint density at radius 1 is 1.12 bits per heavy atom. The number of amides is 1. The van der Waals surface area contributed by atoms with Crippen molar-refractivity contribution >= 4 is 17.7 Å². The van der Waals surface area contributed by atoms with E-state index in [1.54, 1.807) is 11.8 Å². The standard InChI is InChI=1S/C20H25NO2S/c1-15-8-10-18(11-9-15)13-24-14-20(22)21-17(3)12-23-19-7-5-4-6-16(19)2/h4-11,17H,12-14H2,1-3H3,(H,21,22)/t17-/m0/s1. The van der Waals surface area contributed by atoms with Gasteiger partial charge < -0.3 is 10.1 Å². The van der Waals surface area contributed by atoms with E-state index in [1.807, 2.05) is 38.1 Å². The molecular formula is C20H25NO2S. The predicted molar refractivity (Wildman–Crippen MR) is 102 cm³/mol. The normalized spacial score (nSPS) is 11.8. The molecule has 0 fully saturated rings. The van der Waals surface area contributed by atoms with Crippen molar-refractivity contribution in [2.45, 2.75) is 32.6 Å². The van der Waals surface area contributed by atoms with E-state index in [2.05, 4.69) is 36.5 Å². The van der Waals surface area contributed by atoms with Crippen LogP contribution >= 0.6 is 11.8 Å². The van der Waals surface area contributed by atoms with Gasteiger partial charge in [0.25, 0.3) is 0 Å². The van der Waals surface area contributed by atoms with Gasteiger partial charge in [-0.2, -0.15) is 0 Å². The molecule has 4 heteroatoms. The van der Waals surface area contributed by atoms with Gasteiger partial charge in [-0.3, -0.25) is 4.79 Å². The highest BCUT2D eigenvalue weighted by Gasteiger charge is 2.09. The van der Waals surface area contributed by atoms with Crippen LogP contribution in [0.15, 0.2) is 48.5 Å². The van der Waals surface area contributed by atoms with Gasteiger partial charge in [0.1, 0.15) is 12.4 Å². The van der Waals surface area contributed by atoms with E-state index in [0.717, 1.165) is 17.1 Å². The van der Waals surface area contributed by atoms with Crippen molar-refractivity contribution in [3.05, 3.63) is 65.2 Å². The molecule has 0 saturated carbocycles. The molecule has 1 atom stereocenters. The molecule has 2 aromatic rings. The minimum Gasteiger partial charge on any atom is -0.491 e. The summed E-state index contributed by atoms with van der Waals surface area (Å²) in [6.45, 7) is 6.52. The fraction of sp³-hybridized carbons (Fsp3) is 0.350. The largest absolute Gasteiger partial charge is 0.491 e. The topological polar surface area (TPSA) is 38.3 Å². The van der Waals surface area contributed by atoms with Crippen LogP contribution in [0.1, 0.15) is 23.6 Å². The molecule has 0 aliphatic heterocycles. The van der Waals surface area contributed by atoms with Gasteiger partial charge >= 0.3 is 0 Å². The van der Waals surface area contributed by atoms with Gasteiger partial charge in [-0.25, -0.2) is 0 Å². The molecule has 0 heterocycles. The zero-order chi connectivity index (χ0) is 17.4. The minimum atomic E-state index is -0.0166. The molecule has 2 rings (SSSR count). The fourth-order valence-corrected chi connectivity index (χ4v) is 3.04. The Hall–Kier alpha value is -1.94. The summed E-state index contributed by atoms with van der Waals surface area (Å²) in [6.07, 6.45) is 0. The molecule has 1 amide bonds. The summed E-state index contributed by atoms with van der Waals surface area (Å²) in [4.78, 5) is 12.0. The summed E-state index contributed by atoms with van der Waals surface area (Å²) in [5.41, 5.74) is 3.60. The number of para-hydroxylation sites is 1. The first-order chi connectivity index (χ1) is 11.5. The van der Waals surface area contributed by atoms with Crippen molar-refractivity contribution < 1.29 is 9.53 Å². The lowest BCUT2D eigenvalue weighted by Gasteiger charge is -2.16. The molecule has 128 valence electrons. The van der Waals surface area contributed by atoms with Crippen molar-refractivity contribution in [2.24, 2.45) is 0 Å². The summed E-state index contributed by atoms with van der Waals surface area (Å²) in [6, 6.07) is 16.3. The maximum Gasteiger partial charge on any atom is 0.230 e. The molecule has 2 aromatic carbocycles. The number of carbonyl (C=O) groups is 1. The highest BCUT2D eigenvalue weighted by atomic mass is 32.2. The predicted octanol–water partition coefficient (Wildman–Crippen LogP) is 4.12. The Morgan fingerprint density at radius 2 is 1.83 bits per heavy atom. The van der Waals surface area contributed by atoms with Crippen molar-refractivity contribution in [1.82, 2.24) is 5.32 Å². The number of thioether (sulfide) groups is 1. The van der Waals surface area contributed by atoms with E-state index >= 15 is 0 Å². The molecule has 1 N–H and O–H groups in total. The lowest BCUT2D eigenvalue weighted by atomic mass is 10.2. The average molecular weight is 343 g/mol. The van der Waals surface area contributed by atoms with E-state index in [1.165, 1.54) is 11.1 Å². The van der Waals surface area contributed by atoms with Crippen molar-refractivity contribution in [3.8, 4) is 5.75 Å². The van der Waals surface area contributed by atoms with Crippen LogP contribution in [0.3, 0.4) is 0 Å². The first-order valence-corrected chi connectivity index (χ1v) is 9.31. The molecule has 0 radical (unpaired) electrons. The Bertz CT molecular complexity index is 655. The Labute approximate surface area is 148 Å². The third-order valence-corrected chi connectivity index (χ3v) is 4.62. The van der Waals surface area contributed by atoms with Gasteiger partial charge in [-0.1, -0.05) is 48.0 Å². The molecule has 0 bridgehead atoms. The number of hydrogen-bond donors (Lipinski definition) is 1. The number of hydrogen-bond acceptors (Lipinski definition) is 3.